The van der Waals surface area contributed by atoms with Crippen LogP contribution in [0.3, 0.4) is 0 Å². The van der Waals surface area contributed by atoms with E-state index in [0.29, 0.717) is 82.4 Å². The summed E-state index contributed by atoms with van der Waals surface area (Å²) in [4.78, 5) is 26.9. The molecule has 2 aromatic heterocycles. The van der Waals surface area contributed by atoms with Crippen molar-refractivity contribution >= 4 is 34.8 Å². The van der Waals surface area contributed by atoms with Gasteiger partial charge < -0.3 is 19.5 Å². The summed E-state index contributed by atoms with van der Waals surface area (Å²) >= 11 is 13.9. The lowest BCUT2D eigenvalue weighted by atomic mass is 10.00. The molecule has 1 atom stereocenters. The maximum atomic E-state index is 13.7. The van der Waals surface area contributed by atoms with E-state index < -0.39 is 6.17 Å². The molecule has 0 radical (unpaired) electrons. The monoisotopic (exact) mass is 622 g/mol. The number of nitrogens with zero attached hydrogens (tertiary/aromatic N) is 5. The molecule has 224 valence electrons. The van der Waals surface area contributed by atoms with Crippen molar-refractivity contribution in [1.29, 1.82) is 0 Å². The number of alkyl halides is 1. The summed E-state index contributed by atoms with van der Waals surface area (Å²) in [7, 11) is 5.49. The van der Waals surface area contributed by atoms with E-state index in [2.05, 4.69) is 20.1 Å². The van der Waals surface area contributed by atoms with Gasteiger partial charge >= 0.3 is 0 Å². The normalized spacial score (nSPS) is 17.2. The van der Waals surface area contributed by atoms with Gasteiger partial charge in [0.1, 0.15) is 6.17 Å². The zero-order chi connectivity index (χ0) is 30.2. The minimum Gasteiger partial charge on any atom is -0.481 e. The molecule has 1 fully saturated rings. The van der Waals surface area contributed by atoms with Crippen LogP contribution in [0.4, 0.5) is 10.1 Å². The Hall–Kier alpha value is -3.50. The maximum Gasteiger partial charge on any atom is 0.291 e. The molecule has 1 N–H and O–H groups in total. The molecule has 0 bridgehead atoms. The van der Waals surface area contributed by atoms with Crippen molar-refractivity contribution in [2.75, 3.05) is 39.1 Å². The summed E-state index contributed by atoms with van der Waals surface area (Å²) in [6.45, 7) is 3.33. The minimum absolute atomic E-state index is 0.328. The van der Waals surface area contributed by atoms with Gasteiger partial charge in [0.05, 0.1) is 34.2 Å². The molecule has 0 aliphatic carbocycles. The van der Waals surface area contributed by atoms with Crippen LogP contribution in [0.2, 0.25) is 10.0 Å². The van der Waals surface area contributed by atoms with Crippen LogP contribution in [0.15, 0.2) is 48.5 Å². The number of pyridine rings is 1. The van der Waals surface area contributed by atoms with Crippen molar-refractivity contribution in [3.8, 4) is 28.3 Å². The van der Waals surface area contributed by atoms with Crippen molar-refractivity contribution in [2.24, 2.45) is 7.05 Å². The molecule has 0 spiro atoms. The molecular formula is C32H33Cl2FN6O2. The van der Waals surface area contributed by atoms with Crippen LogP contribution in [0.5, 0.6) is 5.88 Å². The van der Waals surface area contributed by atoms with Gasteiger partial charge in [-0.05, 0) is 25.6 Å². The SMILES string of the molecule is COc1nc(-c2cccc(-c3cccc(NC(=O)c4nc5c(n4C)CCN(C)C5)c3Cl)c2Cl)ccc1CN1CC[C@@H](F)C1. The third-order valence-electron chi connectivity index (χ3n) is 8.20. The van der Waals surface area contributed by atoms with Crippen molar-refractivity contribution < 1.29 is 13.9 Å². The molecule has 0 saturated carbocycles. The molecule has 43 heavy (non-hydrogen) atoms. The lowest BCUT2D eigenvalue weighted by Gasteiger charge is -2.21. The van der Waals surface area contributed by atoms with Crippen LogP contribution in [0, 0.1) is 0 Å². The first-order valence-electron chi connectivity index (χ1n) is 14.3. The van der Waals surface area contributed by atoms with E-state index in [4.69, 9.17) is 32.9 Å². The Morgan fingerprint density at radius 1 is 1.02 bits per heavy atom. The molecule has 8 nitrogen and oxygen atoms in total. The highest BCUT2D eigenvalue weighted by molar-refractivity contribution is 6.39. The number of fused-ring (bicyclic) bond motifs is 1. The first-order chi connectivity index (χ1) is 20.7. The van der Waals surface area contributed by atoms with Crippen LogP contribution in [0.25, 0.3) is 22.4 Å². The fourth-order valence-electron chi connectivity index (χ4n) is 5.90. The number of hydrogen-bond donors (Lipinski definition) is 1. The van der Waals surface area contributed by atoms with E-state index in [-0.39, 0.29) is 5.91 Å². The third kappa shape index (κ3) is 5.87. The summed E-state index contributed by atoms with van der Waals surface area (Å²) in [5.74, 6) is 0.497. The molecule has 11 heteroatoms. The summed E-state index contributed by atoms with van der Waals surface area (Å²) in [6.07, 6.45) is 0.599. The Bertz CT molecular complexity index is 1690. The van der Waals surface area contributed by atoms with Gasteiger partial charge in [-0.15, -0.1) is 0 Å². The average Bonchev–Trinajstić information content (AvgIpc) is 3.56. The highest BCUT2D eigenvalue weighted by atomic mass is 35.5. The number of likely N-dealkylation sites (tertiary alicyclic amines) is 1. The number of likely N-dealkylation sites (N-methyl/N-ethyl adjacent to an activating group) is 1. The maximum absolute atomic E-state index is 13.7. The Morgan fingerprint density at radius 2 is 1.77 bits per heavy atom. The number of benzene rings is 2. The number of ether oxygens (including phenoxy) is 1. The molecular weight excluding hydrogens is 590 g/mol. The number of hydrogen-bond acceptors (Lipinski definition) is 6. The van der Waals surface area contributed by atoms with Gasteiger partial charge in [-0.25, -0.2) is 14.4 Å². The van der Waals surface area contributed by atoms with Gasteiger partial charge in [-0.1, -0.05) is 59.6 Å². The summed E-state index contributed by atoms with van der Waals surface area (Å²) in [6, 6.07) is 15.0. The molecule has 4 aromatic rings. The first kappa shape index (κ1) is 29.6. The summed E-state index contributed by atoms with van der Waals surface area (Å²) in [5.41, 5.74) is 6.08. The van der Waals surface area contributed by atoms with E-state index in [1.165, 1.54) is 0 Å². The van der Waals surface area contributed by atoms with Crippen LogP contribution >= 0.6 is 23.2 Å². The second-order valence-electron chi connectivity index (χ2n) is 11.1. The fraction of sp³-hybridized carbons (Fsp3) is 0.344. The van der Waals surface area contributed by atoms with E-state index in [0.717, 1.165) is 29.9 Å². The number of halogens is 3. The first-order valence-corrected chi connectivity index (χ1v) is 15.0. The van der Waals surface area contributed by atoms with Crippen LogP contribution in [-0.4, -0.2) is 70.2 Å². The number of rotatable bonds is 7. The second kappa shape index (κ2) is 12.2. The number of amides is 1. The molecule has 1 amide bonds. The number of methoxy groups -OCH3 is 1. The van der Waals surface area contributed by atoms with Gasteiger partial charge in [-0.3, -0.25) is 9.69 Å². The van der Waals surface area contributed by atoms with Crippen LogP contribution in [0.1, 0.15) is 34.0 Å². The lowest BCUT2D eigenvalue weighted by molar-refractivity contribution is 0.101. The number of carbonyl (C=O) groups is 1. The predicted octanol–water partition coefficient (Wildman–Crippen LogP) is 6.25. The van der Waals surface area contributed by atoms with Gasteiger partial charge in [0.25, 0.3) is 5.91 Å². The Kier molecular flexibility index (Phi) is 8.42. The van der Waals surface area contributed by atoms with Gasteiger partial charge in [0.2, 0.25) is 5.88 Å². The molecule has 2 aliphatic rings. The Labute approximate surface area is 260 Å². The molecule has 1 saturated heterocycles. The third-order valence-corrected chi connectivity index (χ3v) is 9.02. The highest BCUT2D eigenvalue weighted by Gasteiger charge is 2.26. The zero-order valence-electron chi connectivity index (χ0n) is 24.3. The fourth-order valence-corrected chi connectivity index (χ4v) is 6.50. The molecule has 2 aromatic carbocycles. The highest BCUT2D eigenvalue weighted by Crippen LogP contribution is 2.41. The number of nitrogens with one attached hydrogen (secondary N) is 1. The molecule has 6 rings (SSSR count). The number of imidazole rings is 1. The smallest absolute Gasteiger partial charge is 0.291 e. The van der Waals surface area contributed by atoms with Crippen molar-refractivity contribution in [2.45, 2.75) is 32.1 Å². The average molecular weight is 624 g/mol. The number of carbonyl (C=O) groups excluding carboxylic acids is 1. The standard InChI is InChI=1S/C32H33Cl2FN6O2/c1-39-14-13-27-26(18-39)36-30(40(27)2)31(42)37-25-9-5-7-22(29(25)34)21-6-4-8-23(28(21)33)24-11-10-19(32(38-24)43-3)16-41-15-12-20(35)17-41/h4-11,20H,12-18H2,1-3H3,(H,37,42)/t20-/m1/s1. The minimum atomic E-state index is -0.791. The molecule has 4 heterocycles. The van der Waals surface area contributed by atoms with E-state index >= 15 is 0 Å². The summed E-state index contributed by atoms with van der Waals surface area (Å²) < 4.78 is 21.2. The van der Waals surface area contributed by atoms with Gasteiger partial charge in [0.15, 0.2) is 5.82 Å². The Morgan fingerprint density at radius 3 is 2.51 bits per heavy atom. The second-order valence-corrected chi connectivity index (χ2v) is 11.9. The van der Waals surface area contributed by atoms with E-state index in [1.807, 2.05) is 61.1 Å². The van der Waals surface area contributed by atoms with Crippen molar-refractivity contribution in [1.82, 2.24) is 24.3 Å². The van der Waals surface area contributed by atoms with Crippen LogP contribution < -0.4 is 10.1 Å². The predicted molar refractivity (Wildman–Crippen MR) is 168 cm³/mol. The topological polar surface area (TPSA) is 75.5 Å². The number of anilines is 1. The van der Waals surface area contributed by atoms with E-state index in [1.54, 1.807) is 13.2 Å². The van der Waals surface area contributed by atoms with Gasteiger partial charge in [-0.2, -0.15) is 0 Å². The van der Waals surface area contributed by atoms with E-state index in [9.17, 15) is 9.18 Å². The lowest BCUT2D eigenvalue weighted by Crippen LogP contribution is -2.27. The van der Waals surface area contributed by atoms with Gasteiger partial charge in [0, 0.05) is 74.1 Å². The Balaban J connectivity index is 1.27. The zero-order valence-corrected chi connectivity index (χ0v) is 25.8. The molecule has 2 aliphatic heterocycles. The quantitative estimate of drug-likeness (QED) is 0.263. The molecule has 0 unspecified atom stereocenters. The van der Waals surface area contributed by atoms with Crippen LogP contribution in [-0.2, 0) is 26.6 Å². The van der Waals surface area contributed by atoms with Crippen molar-refractivity contribution in [3.63, 3.8) is 0 Å². The van der Waals surface area contributed by atoms with Crippen molar-refractivity contribution in [3.05, 3.63) is 81.4 Å². The summed E-state index contributed by atoms with van der Waals surface area (Å²) in [5, 5.41) is 3.79. The number of aromatic nitrogens is 3. The largest absolute Gasteiger partial charge is 0.481 e.